The molecule has 0 radical (unpaired) electrons. The van der Waals surface area contributed by atoms with E-state index >= 15 is 0 Å². The van der Waals surface area contributed by atoms with Gasteiger partial charge in [0.25, 0.3) is 5.91 Å². The summed E-state index contributed by atoms with van der Waals surface area (Å²) in [5.74, 6) is -0.701. The zero-order chi connectivity index (χ0) is 22.7. The number of carbonyl (C=O) groups is 2. The van der Waals surface area contributed by atoms with Gasteiger partial charge >= 0.3 is 5.97 Å². The minimum atomic E-state index is -0.932. The van der Waals surface area contributed by atoms with Crippen molar-refractivity contribution in [3.05, 3.63) is 83.6 Å². The Balaban J connectivity index is 1.73. The summed E-state index contributed by atoms with van der Waals surface area (Å²) in [6.07, 6.45) is 4.04. The summed E-state index contributed by atoms with van der Waals surface area (Å²) in [7, 11) is 0. The molecule has 0 bridgehead atoms. The molecule has 1 aliphatic rings. The van der Waals surface area contributed by atoms with Gasteiger partial charge in [0.15, 0.2) is 6.10 Å². The van der Waals surface area contributed by atoms with Crippen molar-refractivity contribution < 1.29 is 19.4 Å². The molecule has 3 aromatic rings. The van der Waals surface area contributed by atoms with Gasteiger partial charge in [0.2, 0.25) is 0 Å². The number of fused-ring (bicyclic) bond motifs is 2. The number of phenols is 1. The SMILES string of the molecule is C=CCNC(=O)[C@H](C)OC(=O)c1c2c(nc3ccccc13)/C(=C\c1ccc(O)cc1)CC2. The van der Waals surface area contributed by atoms with E-state index < -0.39 is 12.1 Å². The Kier molecular flexibility index (Phi) is 6.03. The van der Waals surface area contributed by atoms with Crippen molar-refractivity contribution in [2.45, 2.75) is 25.9 Å². The largest absolute Gasteiger partial charge is 0.508 e. The Morgan fingerprint density at radius 2 is 1.94 bits per heavy atom. The first-order valence-electron chi connectivity index (χ1n) is 10.5. The molecular weight excluding hydrogens is 404 g/mol. The summed E-state index contributed by atoms with van der Waals surface area (Å²) in [5.41, 5.74) is 4.72. The Hall–Kier alpha value is -3.93. The van der Waals surface area contributed by atoms with E-state index in [-0.39, 0.29) is 11.7 Å². The quantitative estimate of drug-likeness (QED) is 0.452. The number of carbonyl (C=O) groups excluding carboxylic acids is 2. The molecule has 2 N–H and O–H groups in total. The summed E-state index contributed by atoms with van der Waals surface area (Å²) in [5, 5.41) is 12.9. The molecule has 162 valence electrons. The highest BCUT2D eigenvalue weighted by molar-refractivity contribution is 6.07. The lowest BCUT2D eigenvalue weighted by Gasteiger charge is -2.16. The highest BCUT2D eigenvalue weighted by atomic mass is 16.5. The molecule has 0 saturated carbocycles. The van der Waals surface area contributed by atoms with Gasteiger partial charge in [-0.05, 0) is 60.7 Å². The van der Waals surface area contributed by atoms with Crippen LogP contribution in [-0.2, 0) is 16.0 Å². The van der Waals surface area contributed by atoms with Crippen LogP contribution >= 0.6 is 0 Å². The van der Waals surface area contributed by atoms with E-state index in [4.69, 9.17) is 9.72 Å². The van der Waals surface area contributed by atoms with Crippen molar-refractivity contribution >= 4 is 34.4 Å². The second-order valence-electron chi connectivity index (χ2n) is 7.67. The lowest BCUT2D eigenvalue weighted by Crippen LogP contribution is -2.36. The van der Waals surface area contributed by atoms with Crippen LogP contribution in [0, 0.1) is 0 Å². The van der Waals surface area contributed by atoms with Crippen molar-refractivity contribution in [3.63, 3.8) is 0 Å². The second kappa shape index (κ2) is 9.06. The van der Waals surface area contributed by atoms with Gasteiger partial charge < -0.3 is 15.2 Å². The smallest absolute Gasteiger partial charge is 0.339 e. The molecule has 1 heterocycles. The number of ether oxygens (including phenoxy) is 1. The number of benzene rings is 2. The number of para-hydroxylation sites is 1. The van der Waals surface area contributed by atoms with Crippen molar-refractivity contribution in [2.75, 3.05) is 6.54 Å². The molecule has 1 aromatic heterocycles. The van der Waals surface area contributed by atoms with Gasteiger partial charge in [-0.25, -0.2) is 9.78 Å². The van der Waals surface area contributed by atoms with E-state index in [1.165, 1.54) is 0 Å². The predicted octanol–water partition coefficient (Wildman–Crippen LogP) is 4.27. The first kappa shape index (κ1) is 21.3. The van der Waals surface area contributed by atoms with Gasteiger partial charge in [-0.1, -0.05) is 36.4 Å². The monoisotopic (exact) mass is 428 g/mol. The van der Waals surface area contributed by atoms with E-state index in [9.17, 15) is 14.7 Å². The number of aromatic hydroxyl groups is 1. The van der Waals surface area contributed by atoms with Crippen LogP contribution in [0.4, 0.5) is 0 Å². The summed E-state index contributed by atoms with van der Waals surface area (Å²) >= 11 is 0. The lowest BCUT2D eigenvalue weighted by molar-refractivity contribution is -0.128. The molecule has 0 spiro atoms. The third-order valence-corrected chi connectivity index (χ3v) is 5.45. The fourth-order valence-electron chi connectivity index (χ4n) is 3.87. The Morgan fingerprint density at radius 1 is 1.19 bits per heavy atom. The van der Waals surface area contributed by atoms with Crippen LogP contribution in [0.5, 0.6) is 5.75 Å². The normalized spacial score (nSPS) is 14.7. The van der Waals surface area contributed by atoms with Crippen LogP contribution < -0.4 is 5.32 Å². The number of aromatic nitrogens is 1. The molecule has 6 nitrogen and oxygen atoms in total. The van der Waals surface area contributed by atoms with E-state index in [0.717, 1.165) is 28.8 Å². The lowest BCUT2D eigenvalue weighted by atomic mass is 10.0. The van der Waals surface area contributed by atoms with Gasteiger partial charge in [-0.15, -0.1) is 6.58 Å². The number of esters is 1. The minimum absolute atomic E-state index is 0.208. The van der Waals surface area contributed by atoms with E-state index in [2.05, 4.69) is 11.9 Å². The molecule has 4 rings (SSSR count). The Labute approximate surface area is 186 Å². The average molecular weight is 428 g/mol. The maximum atomic E-state index is 13.2. The van der Waals surface area contributed by atoms with Crippen molar-refractivity contribution in [2.24, 2.45) is 0 Å². The topological polar surface area (TPSA) is 88.5 Å². The first-order valence-corrected chi connectivity index (χ1v) is 10.5. The standard InChI is InChI=1S/C26H24N2O4/c1-3-14-27-25(30)16(2)32-26(31)23-20-6-4-5-7-22(20)28-24-18(10-13-21(23)24)15-17-8-11-19(29)12-9-17/h3-9,11-12,15-16,29H,1,10,13-14H2,2H3,(H,27,30)/b18-15-/t16-/m0/s1. The zero-order valence-corrected chi connectivity index (χ0v) is 17.8. The molecule has 0 aliphatic heterocycles. The summed E-state index contributed by atoms with van der Waals surface area (Å²) in [6, 6.07) is 14.4. The maximum absolute atomic E-state index is 13.2. The third-order valence-electron chi connectivity index (χ3n) is 5.45. The van der Waals surface area contributed by atoms with Crippen LogP contribution in [0.3, 0.4) is 0 Å². The molecule has 1 amide bonds. The first-order chi connectivity index (χ1) is 15.5. The van der Waals surface area contributed by atoms with Crippen LogP contribution in [0.2, 0.25) is 0 Å². The highest BCUT2D eigenvalue weighted by Gasteiger charge is 2.29. The molecule has 0 saturated heterocycles. The van der Waals surface area contributed by atoms with E-state index in [0.29, 0.717) is 29.4 Å². The van der Waals surface area contributed by atoms with Crippen molar-refractivity contribution in [1.29, 1.82) is 0 Å². The number of rotatable bonds is 6. The number of hydrogen-bond acceptors (Lipinski definition) is 5. The number of allylic oxidation sites excluding steroid dienone is 1. The van der Waals surface area contributed by atoms with Crippen LogP contribution in [0.1, 0.15) is 40.5 Å². The second-order valence-corrected chi connectivity index (χ2v) is 7.67. The molecule has 1 atom stereocenters. The van der Waals surface area contributed by atoms with Crippen LogP contribution in [-0.4, -0.2) is 34.6 Å². The number of hydrogen-bond donors (Lipinski definition) is 2. The fraction of sp³-hybridized carbons (Fsp3) is 0.192. The number of nitrogens with one attached hydrogen (secondary N) is 1. The number of amides is 1. The summed E-state index contributed by atoms with van der Waals surface area (Å²) < 4.78 is 5.54. The molecule has 2 aromatic carbocycles. The van der Waals surface area contributed by atoms with Gasteiger partial charge in [0.05, 0.1) is 16.8 Å². The van der Waals surface area contributed by atoms with E-state index in [1.807, 2.05) is 42.5 Å². The highest BCUT2D eigenvalue weighted by Crippen LogP contribution is 2.38. The third kappa shape index (κ3) is 4.25. The van der Waals surface area contributed by atoms with Crippen LogP contribution in [0.25, 0.3) is 22.6 Å². The number of pyridine rings is 1. The minimum Gasteiger partial charge on any atom is -0.508 e. The molecule has 6 heteroatoms. The number of nitrogens with zero attached hydrogens (tertiary/aromatic N) is 1. The van der Waals surface area contributed by atoms with E-state index in [1.54, 1.807) is 25.1 Å². The molecular formula is C26H24N2O4. The number of phenolic OH excluding ortho intramolecular Hbond substituents is 1. The van der Waals surface area contributed by atoms with Crippen molar-refractivity contribution in [1.82, 2.24) is 10.3 Å². The Bertz CT molecular complexity index is 1230. The van der Waals surface area contributed by atoms with Gasteiger partial charge in [0.1, 0.15) is 5.75 Å². The van der Waals surface area contributed by atoms with Gasteiger partial charge in [-0.3, -0.25) is 4.79 Å². The van der Waals surface area contributed by atoms with Gasteiger partial charge in [0, 0.05) is 11.9 Å². The molecule has 0 fully saturated rings. The van der Waals surface area contributed by atoms with Gasteiger partial charge in [-0.2, -0.15) is 0 Å². The molecule has 0 unspecified atom stereocenters. The average Bonchev–Trinajstić information content (AvgIpc) is 3.19. The zero-order valence-electron chi connectivity index (χ0n) is 17.8. The predicted molar refractivity (Wildman–Crippen MR) is 124 cm³/mol. The summed E-state index contributed by atoms with van der Waals surface area (Å²) in [4.78, 5) is 30.2. The van der Waals surface area contributed by atoms with Crippen LogP contribution in [0.15, 0.2) is 61.2 Å². The molecule has 1 aliphatic carbocycles. The molecule has 32 heavy (non-hydrogen) atoms. The fourth-order valence-corrected chi connectivity index (χ4v) is 3.87. The van der Waals surface area contributed by atoms with Crippen molar-refractivity contribution in [3.8, 4) is 5.75 Å². The maximum Gasteiger partial charge on any atom is 0.339 e. The summed E-state index contributed by atoms with van der Waals surface area (Å²) in [6.45, 7) is 5.43. The Morgan fingerprint density at radius 3 is 2.69 bits per heavy atom.